The van der Waals surface area contributed by atoms with Gasteiger partial charge in [0.1, 0.15) is 23.0 Å². The van der Waals surface area contributed by atoms with Gasteiger partial charge in [0, 0.05) is 33.6 Å². The number of hydrogen-bond acceptors (Lipinski definition) is 6. The number of nitrogen functional groups attached to an aromatic ring is 2. The van der Waals surface area contributed by atoms with E-state index in [1.165, 1.54) is 0 Å². The molecular weight excluding hydrogens is 548 g/mol. The van der Waals surface area contributed by atoms with Crippen molar-refractivity contribution in [3.05, 3.63) is 155 Å². The van der Waals surface area contributed by atoms with Gasteiger partial charge in [-0.15, -0.1) is 0 Å². The lowest BCUT2D eigenvalue weighted by Crippen LogP contribution is -2.09. The van der Waals surface area contributed by atoms with E-state index in [2.05, 4.69) is 0 Å². The fourth-order valence-electron chi connectivity index (χ4n) is 5.21. The Morgan fingerprint density at radius 2 is 0.727 bits per heavy atom. The molecule has 0 heterocycles. The molecule has 0 saturated heterocycles. The summed E-state index contributed by atoms with van der Waals surface area (Å²) in [7, 11) is 0. The third kappa shape index (κ3) is 5.74. The summed E-state index contributed by atoms with van der Waals surface area (Å²) in [6.07, 6.45) is 0. The van der Waals surface area contributed by atoms with Crippen molar-refractivity contribution in [1.29, 1.82) is 0 Å². The molecular formula is C38H30N2O4. The summed E-state index contributed by atoms with van der Waals surface area (Å²) in [6, 6.07) is 35.9. The number of rotatable bonds is 8. The Kier molecular flexibility index (Phi) is 7.56. The first-order valence-corrected chi connectivity index (χ1v) is 14.2. The van der Waals surface area contributed by atoms with Crippen LogP contribution in [0.25, 0.3) is 10.8 Å². The lowest BCUT2D eigenvalue weighted by molar-refractivity contribution is 0.103. The van der Waals surface area contributed by atoms with E-state index in [4.69, 9.17) is 20.9 Å². The van der Waals surface area contributed by atoms with E-state index in [-0.39, 0.29) is 11.6 Å². The molecule has 0 atom stereocenters. The summed E-state index contributed by atoms with van der Waals surface area (Å²) in [6.45, 7) is 3.82. The molecule has 0 saturated carbocycles. The van der Waals surface area contributed by atoms with Crippen LogP contribution in [0.3, 0.4) is 0 Å². The van der Waals surface area contributed by atoms with E-state index >= 15 is 0 Å². The van der Waals surface area contributed by atoms with Crippen LogP contribution in [0.5, 0.6) is 23.0 Å². The Bertz CT molecular complexity index is 1850. The largest absolute Gasteiger partial charge is 0.457 e. The molecule has 44 heavy (non-hydrogen) atoms. The Hall–Kier alpha value is -5.88. The Balaban J connectivity index is 1.29. The summed E-state index contributed by atoms with van der Waals surface area (Å²) in [5, 5.41) is 1.46. The van der Waals surface area contributed by atoms with Crippen molar-refractivity contribution in [3.8, 4) is 23.0 Å². The molecule has 0 radical (unpaired) electrons. The van der Waals surface area contributed by atoms with Gasteiger partial charge in [-0.3, -0.25) is 9.59 Å². The minimum absolute atomic E-state index is 0.126. The van der Waals surface area contributed by atoms with Crippen LogP contribution >= 0.6 is 0 Å². The molecule has 4 N–H and O–H groups in total. The first kappa shape index (κ1) is 28.2. The standard InChI is InChI=1S/C38H30N2O4/c1-23-3-21-34-33(35(23)37(41)25-5-13-29(14-6-25)43-31-17-9-27(39)10-18-31)22-4-24(2)36(34)38(42)26-7-15-30(16-8-26)44-32-19-11-28(40)12-20-32/h3-22H,39-40H2,1-2H3. The maximum absolute atomic E-state index is 13.9. The molecule has 6 aromatic rings. The molecule has 6 rings (SSSR count). The van der Waals surface area contributed by atoms with Gasteiger partial charge in [-0.05, 0) is 133 Å². The first-order chi connectivity index (χ1) is 21.3. The number of ether oxygens (including phenoxy) is 2. The van der Waals surface area contributed by atoms with E-state index in [0.29, 0.717) is 56.6 Å². The van der Waals surface area contributed by atoms with Crippen molar-refractivity contribution in [2.45, 2.75) is 13.8 Å². The number of fused-ring (bicyclic) bond motifs is 1. The molecule has 0 fully saturated rings. The summed E-state index contributed by atoms with van der Waals surface area (Å²) in [5.41, 5.74) is 16.7. The van der Waals surface area contributed by atoms with Crippen LogP contribution in [-0.4, -0.2) is 11.6 Å². The van der Waals surface area contributed by atoms with E-state index in [1.807, 2.05) is 38.1 Å². The molecule has 0 bridgehead atoms. The van der Waals surface area contributed by atoms with Gasteiger partial charge in [0.25, 0.3) is 0 Å². The molecule has 0 amide bonds. The topological polar surface area (TPSA) is 105 Å². The van der Waals surface area contributed by atoms with Crippen molar-refractivity contribution < 1.29 is 19.1 Å². The molecule has 0 aliphatic carbocycles. The van der Waals surface area contributed by atoms with Gasteiger partial charge in [-0.1, -0.05) is 24.3 Å². The number of carbonyl (C=O) groups is 2. The predicted molar refractivity (Wildman–Crippen MR) is 175 cm³/mol. The van der Waals surface area contributed by atoms with Crippen LogP contribution in [0.15, 0.2) is 121 Å². The van der Waals surface area contributed by atoms with Gasteiger partial charge in [0.2, 0.25) is 0 Å². The van der Waals surface area contributed by atoms with E-state index in [0.717, 1.165) is 21.9 Å². The SMILES string of the molecule is Cc1ccc2c(C(=O)c3ccc(Oc4ccc(N)cc4)cc3)c(C)ccc2c1C(=O)c1ccc(Oc2ccc(N)cc2)cc1. The number of benzene rings is 6. The molecule has 6 aromatic carbocycles. The predicted octanol–water partition coefficient (Wildman–Crippen LogP) is 8.67. The maximum atomic E-state index is 13.9. The van der Waals surface area contributed by atoms with Gasteiger partial charge < -0.3 is 20.9 Å². The summed E-state index contributed by atoms with van der Waals surface area (Å²) < 4.78 is 11.8. The Morgan fingerprint density at radius 1 is 0.432 bits per heavy atom. The Labute approximate surface area is 255 Å². The third-order valence-corrected chi connectivity index (χ3v) is 7.54. The van der Waals surface area contributed by atoms with Crippen molar-refractivity contribution in [2.75, 3.05) is 11.5 Å². The molecule has 0 unspecified atom stereocenters. The fourth-order valence-corrected chi connectivity index (χ4v) is 5.21. The smallest absolute Gasteiger partial charge is 0.193 e. The van der Waals surface area contributed by atoms with Crippen molar-refractivity contribution in [2.24, 2.45) is 0 Å². The van der Waals surface area contributed by atoms with Crippen LogP contribution in [0.4, 0.5) is 11.4 Å². The van der Waals surface area contributed by atoms with Gasteiger partial charge >= 0.3 is 0 Å². The Morgan fingerprint density at radius 3 is 1.05 bits per heavy atom. The highest BCUT2D eigenvalue weighted by Crippen LogP contribution is 2.32. The number of carbonyl (C=O) groups excluding carboxylic acids is 2. The zero-order valence-electron chi connectivity index (χ0n) is 24.3. The molecule has 0 aromatic heterocycles. The van der Waals surface area contributed by atoms with Crippen LogP contribution in [0, 0.1) is 13.8 Å². The summed E-state index contributed by atoms with van der Waals surface area (Å²) in [5.74, 6) is 2.26. The van der Waals surface area contributed by atoms with Crippen LogP contribution in [0.2, 0.25) is 0 Å². The zero-order chi connectivity index (χ0) is 30.8. The minimum Gasteiger partial charge on any atom is -0.457 e. The maximum Gasteiger partial charge on any atom is 0.193 e. The summed E-state index contributed by atoms with van der Waals surface area (Å²) >= 11 is 0. The average Bonchev–Trinajstić information content (AvgIpc) is 3.03. The van der Waals surface area contributed by atoms with Crippen molar-refractivity contribution in [3.63, 3.8) is 0 Å². The van der Waals surface area contributed by atoms with Crippen LogP contribution in [0.1, 0.15) is 43.0 Å². The van der Waals surface area contributed by atoms with Gasteiger partial charge in [-0.2, -0.15) is 0 Å². The van der Waals surface area contributed by atoms with Crippen LogP contribution in [-0.2, 0) is 0 Å². The number of anilines is 2. The summed E-state index contributed by atoms with van der Waals surface area (Å²) in [4.78, 5) is 27.7. The van der Waals surface area contributed by atoms with Crippen molar-refractivity contribution >= 4 is 33.7 Å². The second kappa shape index (κ2) is 11.8. The minimum atomic E-state index is -0.126. The van der Waals surface area contributed by atoms with E-state index < -0.39 is 0 Å². The number of nitrogens with two attached hydrogens (primary N) is 2. The highest BCUT2D eigenvalue weighted by Gasteiger charge is 2.21. The quantitative estimate of drug-likeness (QED) is 0.138. The molecule has 216 valence electrons. The fraction of sp³-hybridized carbons (Fsp3) is 0.0526. The molecule has 6 nitrogen and oxygen atoms in total. The number of ketones is 2. The average molecular weight is 579 g/mol. The van der Waals surface area contributed by atoms with E-state index in [1.54, 1.807) is 97.1 Å². The highest BCUT2D eigenvalue weighted by atomic mass is 16.5. The first-order valence-electron chi connectivity index (χ1n) is 14.2. The second-order valence-corrected chi connectivity index (χ2v) is 10.7. The number of aryl methyl sites for hydroxylation is 2. The second-order valence-electron chi connectivity index (χ2n) is 10.7. The molecule has 0 spiro atoms. The zero-order valence-corrected chi connectivity index (χ0v) is 24.3. The molecule has 0 aliphatic heterocycles. The third-order valence-electron chi connectivity index (χ3n) is 7.54. The van der Waals surface area contributed by atoms with Crippen LogP contribution < -0.4 is 20.9 Å². The number of hydrogen-bond donors (Lipinski definition) is 2. The van der Waals surface area contributed by atoms with Gasteiger partial charge in [-0.25, -0.2) is 0 Å². The normalized spacial score (nSPS) is 10.9. The van der Waals surface area contributed by atoms with Gasteiger partial charge in [0.05, 0.1) is 0 Å². The molecule has 6 heteroatoms. The van der Waals surface area contributed by atoms with Crippen molar-refractivity contribution in [1.82, 2.24) is 0 Å². The highest BCUT2D eigenvalue weighted by molar-refractivity contribution is 6.22. The lowest BCUT2D eigenvalue weighted by atomic mass is 9.87. The van der Waals surface area contributed by atoms with Gasteiger partial charge in [0.15, 0.2) is 11.6 Å². The lowest BCUT2D eigenvalue weighted by Gasteiger charge is -2.15. The monoisotopic (exact) mass is 578 g/mol. The van der Waals surface area contributed by atoms with E-state index in [9.17, 15) is 9.59 Å². The molecule has 0 aliphatic rings.